The molecule has 37 heavy (non-hydrogen) atoms. The zero-order valence-corrected chi connectivity index (χ0v) is 23.1. The molecule has 1 saturated carbocycles. The van der Waals surface area contributed by atoms with Gasteiger partial charge >= 0.3 is 5.69 Å². The topological polar surface area (TPSA) is 45.4 Å². The molecule has 2 aromatic carbocycles. The predicted molar refractivity (Wildman–Crippen MR) is 151 cm³/mol. The fourth-order valence-electron chi connectivity index (χ4n) is 5.71. The Kier molecular flexibility index (Phi) is 9.81. The number of methoxy groups -OCH3 is 2. The maximum atomic E-state index is 14.0. The third-order valence-corrected chi connectivity index (χ3v) is 7.87. The van der Waals surface area contributed by atoms with Gasteiger partial charge in [-0.05, 0) is 47.8 Å². The highest BCUT2D eigenvalue weighted by molar-refractivity contribution is 5.63. The summed E-state index contributed by atoms with van der Waals surface area (Å²) < 4.78 is 15.4. The first-order chi connectivity index (χ1) is 18.0. The molecule has 4 rings (SSSR count). The molecule has 1 aliphatic carbocycles. The van der Waals surface area contributed by atoms with E-state index in [4.69, 9.17) is 9.47 Å². The Labute approximate surface area is 222 Å². The molecule has 0 N–H and O–H groups in total. The summed E-state index contributed by atoms with van der Waals surface area (Å²) in [5.41, 5.74) is 5.49. The fraction of sp³-hybridized carbons (Fsp3) is 0.531. The van der Waals surface area contributed by atoms with Gasteiger partial charge in [0.15, 0.2) is 6.29 Å². The van der Waals surface area contributed by atoms with E-state index in [1.807, 2.05) is 15.2 Å². The van der Waals surface area contributed by atoms with Crippen LogP contribution < -0.4 is 5.69 Å². The predicted octanol–water partition coefficient (Wildman–Crippen LogP) is 7.22. The van der Waals surface area contributed by atoms with Gasteiger partial charge in [0, 0.05) is 26.5 Å². The molecule has 1 aromatic heterocycles. The van der Waals surface area contributed by atoms with Gasteiger partial charge in [0.1, 0.15) is 0 Å². The van der Waals surface area contributed by atoms with Crippen molar-refractivity contribution in [3.63, 3.8) is 0 Å². The van der Waals surface area contributed by atoms with Crippen LogP contribution in [-0.4, -0.2) is 23.4 Å². The van der Waals surface area contributed by atoms with Crippen molar-refractivity contribution in [3.8, 4) is 11.1 Å². The van der Waals surface area contributed by atoms with Crippen LogP contribution in [0.15, 0.2) is 59.4 Å². The second-order valence-electron chi connectivity index (χ2n) is 10.9. The van der Waals surface area contributed by atoms with E-state index < -0.39 is 6.29 Å². The van der Waals surface area contributed by atoms with Crippen molar-refractivity contribution < 1.29 is 9.47 Å². The van der Waals surface area contributed by atoms with Crippen LogP contribution in [0.1, 0.15) is 82.0 Å². The van der Waals surface area contributed by atoms with Crippen molar-refractivity contribution in [1.29, 1.82) is 0 Å². The molecule has 0 amide bonds. The molecule has 0 aliphatic heterocycles. The smallest absolute Gasteiger partial charge is 0.329 e. The second kappa shape index (κ2) is 13.3. The number of hydrogen-bond acceptors (Lipinski definition) is 3. The van der Waals surface area contributed by atoms with Gasteiger partial charge in [0.2, 0.25) is 0 Å². The van der Waals surface area contributed by atoms with Gasteiger partial charge in [-0.2, -0.15) is 0 Å². The molecule has 5 heteroatoms. The third-order valence-electron chi connectivity index (χ3n) is 7.87. The highest BCUT2D eigenvalue weighted by atomic mass is 16.7. The summed E-state index contributed by atoms with van der Waals surface area (Å²) in [6.07, 6.45) is 8.82. The number of nitrogens with zero attached hydrogens (tertiary/aromatic N) is 2. The van der Waals surface area contributed by atoms with E-state index in [0.717, 1.165) is 42.8 Å². The average molecular weight is 505 g/mol. The van der Waals surface area contributed by atoms with Crippen LogP contribution in [0.5, 0.6) is 0 Å². The Hall–Kier alpha value is -2.63. The monoisotopic (exact) mass is 504 g/mol. The molecule has 0 atom stereocenters. The zero-order chi connectivity index (χ0) is 26.2. The molecule has 0 unspecified atom stereocenters. The number of aromatic nitrogens is 2. The number of imidazole rings is 1. The van der Waals surface area contributed by atoms with Crippen LogP contribution in [0.2, 0.25) is 0 Å². The maximum Gasteiger partial charge on any atom is 0.329 e. The molecule has 0 radical (unpaired) electrons. The molecule has 1 aliphatic rings. The molecule has 0 spiro atoms. The SMILES string of the molecule is COC(OC)c1c(CCC(C)C)n(Cc2ccc(-c3ccccc3)cc2)c(=O)n1CCC1CCCCC1. The largest absolute Gasteiger partial charge is 0.350 e. The number of benzene rings is 2. The van der Waals surface area contributed by atoms with Gasteiger partial charge < -0.3 is 9.47 Å². The van der Waals surface area contributed by atoms with Gasteiger partial charge in [0.05, 0.1) is 12.2 Å². The summed E-state index contributed by atoms with van der Waals surface area (Å²) >= 11 is 0. The van der Waals surface area contributed by atoms with Crippen LogP contribution in [0, 0.1) is 11.8 Å². The first-order valence-electron chi connectivity index (χ1n) is 14.0. The van der Waals surface area contributed by atoms with Crippen LogP contribution in [0.25, 0.3) is 11.1 Å². The number of ether oxygens (including phenoxy) is 2. The minimum absolute atomic E-state index is 0.0517. The van der Waals surface area contributed by atoms with E-state index in [9.17, 15) is 4.79 Å². The number of rotatable bonds is 12. The Morgan fingerprint density at radius 1 is 0.865 bits per heavy atom. The summed E-state index contributed by atoms with van der Waals surface area (Å²) in [7, 11) is 3.33. The Bertz CT molecular complexity index is 1150. The van der Waals surface area contributed by atoms with Crippen molar-refractivity contribution in [3.05, 3.63) is 82.0 Å². The van der Waals surface area contributed by atoms with Crippen molar-refractivity contribution >= 4 is 0 Å². The van der Waals surface area contributed by atoms with Gasteiger partial charge in [-0.3, -0.25) is 9.13 Å². The third kappa shape index (κ3) is 6.82. The summed E-state index contributed by atoms with van der Waals surface area (Å²) in [4.78, 5) is 14.0. The van der Waals surface area contributed by atoms with E-state index in [0.29, 0.717) is 18.4 Å². The molecule has 0 saturated heterocycles. The van der Waals surface area contributed by atoms with Crippen molar-refractivity contribution in [2.45, 2.75) is 84.6 Å². The molecule has 5 nitrogen and oxygen atoms in total. The standard InChI is InChI=1S/C32H44N2O3/c1-24(2)15-20-29-30(31(36-3)37-4)33(22-21-25-11-7-5-8-12-25)32(35)34(29)23-26-16-18-28(19-17-26)27-13-9-6-10-14-27/h6,9-10,13-14,16-19,24-25,31H,5,7-8,11-12,15,20-23H2,1-4H3. The zero-order valence-electron chi connectivity index (χ0n) is 23.1. The Morgan fingerprint density at radius 2 is 1.51 bits per heavy atom. The van der Waals surface area contributed by atoms with E-state index >= 15 is 0 Å². The molecular formula is C32H44N2O3. The summed E-state index contributed by atoms with van der Waals surface area (Å²) in [6.45, 7) is 5.73. The Morgan fingerprint density at radius 3 is 2.14 bits per heavy atom. The van der Waals surface area contributed by atoms with E-state index in [1.54, 1.807) is 14.2 Å². The number of hydrogen-bond donors (Lipinski definition) is 0. The summed E-state index contributed by atoms with van der Waals surface area (Å²) in [6, 6.07) is 19.0. The summed E-state index contributed by atoms with van der Waals surface area (Å²) in [5.74, 6) is 1.24. The first kappa shape index (κ1) is 27.4. The first-order valence-corrected chi connectivity index (χ1v) is 14.0. The fourth-order valence-corrected chi connectivity index (χ4v) is 5.71. The van der Waals surface area contributed by atoms with Crippen molar-refractivity contribution in [2.75, 3.05) is 14.2 Å². The molecule has 3 aromatic rings. The minimum atomic E-state index is -0.553. The maximum absolute atomic E-state index is 14.0. The lowest BCUT2D eigenvalue weighted by molar-refractivity contribution is -0.111. The molecule has 1 heterocycles. The summed E-state index contributed by atoms with van der Waals surface area (Å²) in [5, 5.41) is 0. The van der Waals surface area contributed by atoms with E-state index in [-0.39, 0.29) is 5.69 Å². The lowest BCUT2D eigenvalue weighted by Gasteiger charge is -2.23. The van der Waals surface area contributed by atoms with Crippen LogP contribution in [-0.2, 0) is 29.0 Å². The van der Waals surface area contributed by atoms with Gasteiger partial charge in [-0.1, -0.05) is 101 Å². The molecule has 1 fully saturated rings. The molecule has 200 valence electrons. The van der Waals surface area contributed by atoms with Crippen molar-refractivity contribution in [1.82, 2.24) is 9.13 Å². The van der Waals surface area contributed by atoms with Gasteiger partial charge in [-0.25, -0.2) is 4.79 Å². The molecule has 0 bridgehead atoms. The van der Waals surface area contributed by atoms with E-state index in [2.05, 4.69) is 62.4 Å². The normalized spacial score (nSPS) is 14.6. The highest BCUT2D eigenvalue weighted by Crippen LogP contribution is 2.29. The minimum Gasteiger partial charge on any atom is -0.350 e. The van der Waals surface area contributed by atoms with Crippen molar-refractivity contribution in [2.24, 2.45) is 11.8 Å². The van der Waals surface area contributed by atoms with Crippen LogP contribution in [0.3, 0.4) is 0 Å². The van der Waals surface area contributed by atoms with Gasteiger partial charge in [-0.15, -0.1) is 0 Å². The highest BCUT2D eigenvalue weighted by Gasteiger charge is 2.27. The van der Waals surface area contributed by atoms with Crippen LogP contribution in [0.4, 0.5) is 0 Å². The quantitative estimate of drug-likeness (QED) is 0.245. The lowest BCUT2D eigenvalue weighted by atomic mass is 9.87. The Balaban J connectivity index is 1.69. The van der Waals surface area contributed by atoms with Gasteiger partial charge in [0.25, 0.3) is 0 Å². The van der Waals surface area contributed by atoms with Crippen LogP contribution >= 0.6 is 0 Å². The average Bonchev–Trinajstić information content (AvgIpc) is 3.18. The van der Waals surface area contributed by atoms with E-state index in [1.165, 1.54) is 43.2 Å². The second-order valence-corrected chi connectivity index (χ2v) is 10.9. The molecular weight excluding hydrogens is 460 g/mol. The lowest BCUT2D eigenvalue weighted by Crippen LogP contribution is -2.27.